The van der Waals surface area contributed by atoms with Crippen LogP contribution in [-0.4, -0.2) is 23.5 Å². The Hall–Kier alpha value is -3.34. The summed E-state index contributed by atoms with van der Waals surface area (Å²) in [6.07, 6.45) is -4.65. The Morgan fingerprint density at radius 3 is 2.35 bits per heavy atom. The fraction of sp³-hybridized carbons (Fsp3) is 0.263. The molecule has 0 aliphatic heterocycles. The molecule has 0 aromatic heterocycles. The van der Waals surface area contributed by atoms with Gasteiger partial charge in [-0.1, -0.05) is 11.6 Å². The number of nitro groups is 1. The van der Waals surface area contributed by atoms with E-state index < -0.39 is 50.8 Å². The van der Waals surface area contributed by atoms with Crippen molar-refractivity contribution in [1.29, 1.82) is 0 Å². The summed E-state index contributed by atoms with van der Waals surface area (Å²) in [5, 5.41) is 22.5. The van der Waals surface area contributed by atoms with Crippen molar-refractivity contribution >= 4 is 29.2 Å². The third kappa shape index (κ3) is 5.43. The molecule has 0 saturated heterocycles. The van der Waals surface area contributed by atoms with Crippen LogP contribution in [0.25, 0.3) is 0 Å². The van der Waals surface area contributed by atoms with Gasteiger partial charge in [-0.2, -0.15) is 13.2 Å². The molecule has 2 aromatic carbocycles. The first-order valence-electron chi connectivity index (χ1n) is 8.61. The number of carboxylic acids is 1. The Kier molecular flexibility index (Phi) is 7.11. The Morgan fingerprint density at radius 1 is 1.23 bits per heavy atom. The SMILES string of the molecule is CCOC(=O)C(C)c1cc(Oc2ccc(C(F)(F)F)cc2Cl)cc(C(=O)[O-])c1[N+](=O)[O-]. The maximum absolute atomic E-state index is 12.8. The van der Waals surface area contributed by atoms with Crippen molar-refractivity contribution in [3.8, 4) is 11.5 Å². The maximum atomic E-state index is 12.8. The largest absolute Gasteiger partial charge is 0.545 e. The van der Waals surface area contributed by atoms with E-state index in [0.29, 0.717) is 12.1 Å². The number of aromatic carboxylic acids is 1. The summed E-state index contributed by atoms with van der Waals surface area (Å²) in [7, 11) is 0. The van der Waals surface area contributed by atoms with E-state index in [4.69, 9.17) is 21.1 Å². The quantitative estimate of drug-likeness (QED) is 0.347. The summed E-state index contributed by atoms with van der Waals surface area (Å²) in [5.41, 5.74) is -3.17. The zero-order valence-corrected chi connectivity index (χ0v) is 16.7. The van der Waals surface area contributed by atoms with Crippen LogP contribution in [0.1, 0.15) is 41.3 Å². The van der Waals surface area contributed by atoms with Crippen LogP contribution in [0.2, 0.25) is 5.02 Å². The number of carbonyl (C=O) groups excluding carboxylic acids is 2. The fourth-order valence-corrected chi connectivity index (χ4v) is 2.88. The van der Waals surface area contributed by atoms with Gasteiger partial charge in [-0.3, -0.25) is 14.9 Å². The van der Waals surface area contributed by atoms with Crippen molar-refractivity contribution < 1.29 is 42.3 Å². The topological polar surface area (TPSA) is 119 Å². The van der Waals surface area contributed by atoms with Gasteiger partial charge in [-0.25, -0.2) is 0 Å². The van der Waals surface area contributed by atoms with Crippen LogP contribution < -0.4 is 9.84 Å². The Bertz CT molecular complexity index is 1040. The second-order valence-corrected chi connectivity index (χ2v) is 6.58. The van der Waals surface area contributed by atoms with Gasteiger partial charge in [0, 0.05) is 5.56 Å². The van der Waals surface area contributed by atoms with Gasteiger partial charge in [0.1, 0.15) is 11.5 Å². The number of hydrogen-bond donors (Lipinski definition) is 0. The molecule has 0 spiro atoms. The Morgan fingerprint density at radius 2 is 1.87 bits per heavy atom. The van der Waals surface area contributed by atoms with E-state index in [1.807, 2.05) is 0 Å². The lowest BCUT2D eigenvalue weighted by Gasteiger charge is -2.17. The molecule has 1 atom stereocenters. The molecule has 0 radical (unpaired) electrons. The molecule has 1 unspecified atom stereocenters. The number of nitrogens with zero attached hydrogens (tertiary/aromatic N) is 1. The Balaban J connectivity index is 2.60. The highest BCUT2D eigenvalue weighted by molar-refractivity contribution is 6.32. The predicted octanol–water partition coefficient (Wildman–Crippen LogP) is 4.09. The molecular formula is C19H14ClF3NO7-. The molecule has 31 heavy (non-hydrogen) atoms. The normalized spacial score (nSPS) is 12.2. The van der Waals surface area contributed by atoms with Crippen LogP contribution in [0.15, 0.2) is 30.3 Å². The third-order valence-corrected chi connectivity index (χ3v) is 4.40. The molecule has 0 bridgehead atoms. The molecule has 0 saturated carbocycles. The van der Waals surface area contributed by atoms with Gasteiger partial charge >= 0.3 is 12.1 Å². The van der Waals surface area contributed by atoms with Crippen molar-refractivity contribution in [3.05, 3.63) is 62.2 Å². The minimum absolute atomic E-state index is 0.0261. The highest BCUT2D eigenvalue weighted by Gasteiger charge is 2.32. The molecule has 0 heterocycles. The van der Waals surface area contributed by atoms with Gasteiger partial charge in [0.15, 0.2) is 0 Å². The molecule has 2 aromatic rings. The van der Waals surface area contributed by atoms with Crippen LogP contribution in [0, 0.1) is 10.1 Å². The minimum Gasteiger partial charge on any atom is -0.545 e. The predicted molar refractivity (Wildman–Crippen MR) is 99.0 cm³/mol. The first kappa shape index (κ1) is 23.9. The summed E-state index contributed by atoms with van der Waals surface area (Å²) in [4.78, 5) is 34.0. The molecule has 0 amide bonds. The summed E-state index contributed by atoms with van der Waals surface area (Å²) in [6.45, 7) is 2.74. The number of carbonyl (C=O) groups is 2. The fourth-order valence-electron chi connectivity index (χ4n) is 2.66. The van der Waals surface area contributed by atoms with Crippen LogP contribution in [-0.2, 0) is 15.7 Å². The van der Waals surface area contributed by atoms with E-state index >= 15 is 0 Å². The average molecular weight is 461 g/mol. The summed E-state index contributed by atoms with van der Waals surface area (Å²) < 4.78 is 48.6. The highest BCUT2D eigenvalue weighted by atomic mass is 35.5. The monoisotopic (exact) mass is 460 g/mol. The molecule has 12 heteroatoms. The van der Waals surface area contributed by atoms with Crippen molar-refractivity contribution in [1.82, 2.24) is 0 Å². The van der Waals surface area contributed by atoms with Crippen LogP contribution in [0.4, 0.5) is 18.9 Å². The molecule has 0 aliphatic carbocycles. The van der Waals surface area contributed by atoms with Gasteiger partial charge in [-0.05, 0) is 44.2 Å². The maximum Gasteiger partial charge on any atom is 0.416 e. The minimum atomic E-state index is -4.65. The molecule has 8 nitrogen and oxygen atoms in total. The lowest BCUT2D eigenvalue weighted by Crippen LogP contribution is -2.25. The van der Waals surface area contributed by atoms with Gasteiger partial charge in [0.2, 0.25) is 0 Å². The van der Waals surface area contributed by atoms with Gasteiger partial charge < -0.3 is 19.4 Å². The Labute approximate surface area is 178 Å². The smallest absolute Gasteiger partial charge is 0.416 e. The molecule has 2 rings (SSSR count). The van der Waals surface area contributed by atoms with Crippen molar-refractivity contribution in [2.24, 2.45) is 0 Å². The van der Waals surface area contributed by atoms with Crippen LogP contribution >= 0.6 is 11.6 Å². The summed E-state index contributed by atoms with van der Waals surface area (Å²) in [6, 6.07) is 3.96. The zero-order chi connectivity index (χ0) is 23.5. The van der Waals surface area contributed by atoms with E-state index in [0.717, 1.165) is 18.2 Å². The summed E-state index contributed by atoms with van der Waals surface area (Å²) >= 11 is 5.83. The van der Waals surface area contributed by atoms with Crippen molar-refractivity contribution in [2.75, 3.05) is 6.61 Å². The zero-order valence-electron chi connectivity index (χ0n) is 16.0. The van der Waals surface area contributed by atoms with E-state index in [1.54, 1.807) is 0 Å². The first-order valence-corrected chi connectivity index (χ1v) is 8.99. The van der Waals surface area contributed by atoms with Gasteiger partial charge in [0.25, 0.3) is 5.69 Å². The number of nitro benzene ring substituents is 1. The van der Waals surface area contributed by atoms with Crippen LogP contribution in [0.3, 0.4) is 0 Å². The number of alkyl halides is 3. The van der Waals surface area contributed by atoms with E-state index in [2.05, 4.69) is 0 Å². The number of esters is 1. The number of halogens is 4. The second kappa shape index (κ2) is 9.21. The van der Waals surface area contributed by atoms with Crippen LogP contribution in [0.5, 0.6) is 11.5 Å². The van der Waals surface area contributed by atoms with Crippen molar-refractivity contribution in [3.63, 3.8) is 0 Å². The molecular weight excluding hydrogens is 447 g/mol. The first-order chi connectivity index (χ1) is 14.4. The number of hydrogen-bond acceptors (Lipinski definition) is 7. The summed E-state index contributed by atoms with van der Waals surface area (Å²) in [5.74, 6) is -4.64. The average Bonchev–Trinajstić information content (AvgIpc) is 2.67. The number of benzene rings is 2. The van der Waals surface area contributed by atoms with E-state index in [1.165, 1.54) is 13.8 Å². The number of carboxylic acid groups (broad SMARTS) is 1. The lowest BCUT2D eigenvalue weighted by molar-refractivity contribution is -0.386. The van der Waals surface area contributed by atoms with Crippen molar-refractivity contribution in [2.45, 2.75) is 25.9 Å². The van der Waals surface area contributed by atoms with Gasteiger partial charge in [0.05, 0.1) is 39.6 Å². The number of ether oxygens (including phenoxy) is 2. The molecule has 0 N–H and O–H groups in total. The van der Waals surface area contributed by atoms with Gasteiger partial charge in [-0.15, -0.1) is 0 Å². The standard InChI is InChI=1S/C19H15ClF3NO7/c1-3-30-18(27)9(2)12-7-11(8-13(17(25)26)16(12)24(28)29)31-15-5-4-10(6-14(15)20)19(21,22)23/h4-9H,3H2,1-2H3,(H,25,26)/p-1. The lowest BCUT2D eigenvalue weighted by atomic mass is 9.95. The van der Waals surface area contributed by atoms with E-state index in [9.17, 15) is 38.0 Å². The molecule has 0 fully saturated rings. The second-order valence-electron chi connectivity index (χ2n) is 6.17. The molecule has 0 aliphatic rings. The third-order valence-electron chi connectivity index (χ3n) is 4.11. The number of rotatable bonds is 7. The van der Waals surface area contributed by atoms with E-state index in [-0.39, 0.29) is 23.7 Å². The molecule has 166 valence electrons. The highest BCUT2D eigenvalue weighted by Crippen LogP contribution is 2.39.